The van der Waals surface area contributed by atoms with E-state index in [-0.39, 0.29) is 17.9 Å². The second kappa shape index (κ2) is 7.28. The molecule has 0 aromatic carbocycles. The molecule has 1 saturated carbocycles. The monoisotopic (exact) mass is 297 g/mol. The Morgan fingerprint density at radius 1 is 1.19 bits per heavy atom. The van der Waals surface area contributed by atoms with Crippen LogP contribution in [-0.4, -0.2) is 42.1 Å². The molecule has 3 amide bonds. The Kier molecular flexibility index (Phi) is 5.41. The molecule has 21 heavy (non-hydrogen) atoms. The van der Waals surface area contributed by atoms with E-state index in [1.807, 2.05) is 0 Å². The quantitative estimate of drug-likeness (QED) is 0.604. The van der Waals surface area contributed by atoms with Gasteiger partial charge in [-0.05, 0) is 44.4 Å². The molecule has 1 aliphatic heterocycles. The van der Waals surface area contributed by atoms with E-state index in [1.165, 1.54) is 0 Å². The standard InChI is InChI=1S/C14H23N3O4/c18-12-11(2-1-7-15-12)17-14(21)16-8-9-3-5-10(6-4-9)13(19)20/h9-11H,1-8H2,(H,15,18)(H,19,20)(H2,16,17,21). The largest absolute Gasteiger partial charge is 0.481 e. The van der Waals surface area contributed by atoms with E-state index in [0.717, 1.165) is 19.3 Å². The number of carbonyl (C=O) groups excluding carboxylic acids is 2. The van der Waals surface area contributed by atoms with Crippen LogP contribution in [0.3, 0.4) is 0 Å². The first-order chi connectivity index (χ1) is 10.1. The Balaban J connectivity index is 1.65. The summed E-state index contributed by atoms with van der Waals surface area (Å²) in [5, 5.41) is 17.1. The van der Waals surface area contributed by atoms with Crippen molar-refractivity contribution in [3.63, 3.8) is 0 Å². The van der Waals surface area contributed by atoms with Crippen LogP contribution >= 0.6 is 0 Å². The third kappa shape index (κ3) is 4.61. The van der Waals surface area contributed by atoms with E-state index in [4.69, 9.17) is 5.11 Å². The lowest BCUT2D eigenvalue weighted by atomic mass is 9.82. The van der Waals surface area contributed by atoms with Crippen molar-refractivity contribution >= 4 is 17.9 Å². The van der Waals surface area contributed by atoms with Crippen molar-refractivity contribution in [2.75, 3.05) is 13.1 Å². The number of carboxylic acids is 1. The first-order valence-corrected chi connectivity index (χ1v) is 7.61. The van der Waals surface area contributed by atoms with Gasteiger partial charge >= 0.3 is 12.0 Å². The van der Waals surface area contributed by atoms with Crippen LogP contribution in [0, 0.1) is 11.8 Å². The number of rotatable bonds is 4. The van der Waals surface area contributed by atoms with Crippen molar-refractivity contribution in [1.82, 2.24) is 16.0 Å². The zero-order valence-electron chi connectivity index (χ0n) is 12.1. The number of amides is 3. The van der Waals surface area contributed by atoms with Gasteiger partial charge in [0.25, 0.3) is 0 Å². The molecule has 7 heteroatoms. The highest BCUT2D eigenvalue weighted by Crippen LogP contribution is 2.28. The normalized spacial score (nSPS) is 29.3. The molecular weight excluding hydrogens is 274 g/mol. The number of urea groups is 1. The molecule has 2 aliphatic rings. The maximum Gasteiger partial charge on any atom is 0.315 e. The van der Waals surface area contributed by atoms with Gasteiger partial charge in [-0.2, -0.15) is 0 Å². The van der Waals surface area contributed by atoms with E-state index >= 15 is 0 Å². The Labute approximate surface area is 123 Å². The van der Waals surface area contributed by atoms with Crippen LogP contribution in [-0.2, 0) is 9.59 Å². The smallest absolute Gasteiger partial charge is 0.315 e. The highest BCUT2D eigenvalue weighted by Gasteiger charge is 2.27. The highest BCUT2D eigenvalue weighted by molar-refractivity contribution is 5.87. The number of hydrogen-bond acceptors (Lipinski definition) is 3. The Morgan fingerprint density at radius 2 is 1.90 bits per heavy atom. The predicted molar refractivity (Wildman–Crippen MR) is 75.6 cm³/mol. The van der Waals surface area contributed by atoms with Crippen molar-refractivity contribution in [3.8, 4) is 0 Å². The first-order valence-electron chi connectivity index (χ1n) is 7.61. The van der Waals surface area contributed by atoms with E-state index < -0.39 is 12.0 Å². The minimum absolute atomic E-state index is 0.127. The van der Waals surface area contributed by atoms with Crippen molar-refractivity contribution in [2.45, 2.75) is 44.6 Å². The molecule has 0 aromatic rings. The lowest BCUT2D eigenvalue weighted by Crippen LogP contribution is -2.53. The highest BCUT2D eigenvalue weighted by atomic mass is 16.4. The number of carboxylic acid groups (broad SMARTS) is 1. The minimum atomic E-state index is -0.720. The van der Waals surface area contributed by atoms with Gasteiger partial charge in [0.15, 0.2) is 0 Å². The van der Waals surface area contributed by atoms with Crippen LogP contribution in [0.25, 0.3) is 0 Å². The second-order valence-corrected chi connectivity index (χ2v) is 5.90. The van der Waals surface area contributed by atoms with Gasteiger partial charge in [0, 0.05) is 13.1 Å². The molecule has 2 rings (SSSR count). The number of hydrogen-bond donors (Lipinski definition) is 4. The van der Waals surface area contributed by atoms with E-state index in [9.17, 15) is 14.4 Å². The summed E-state index contributed by atoms with van der Waals surface area (Å²) in [6, 6.07) is -0.765. The fourth-order valence-electron chi connectivity index (χ4n) is 2.97. The summed E-state index contributed by atoms with van der Waals surface area (Å²) in [5.41, 5.74) is 0. The summed E-state index contributed by atoms with van der Waals surface area (Å²) < 4.78 is 0. The van der Waals surface area contributed by atoms with Crippen molar-refractivity contribution < 1.29 is 19.5 Å². The molecule has 4 N–H and O–H groups in total. The Morgan fingerprint density at radius 3 is 2.52 bits per heavy atom. The second-order valence-electron chi connectivity index (χ2n) is 5.90. The molecular formula is C14H23N3O4. The summed E-state index contributed by atoms with van der Waals surface area (Å²) in [7, 11) is 0. The molecule has 1 saturated heterocycles. The van der Waals surface area contributed by atoms with E-state index in [2.05, 4.69) is 16.0 Å². The van der Waals surface area contributed by atoms with Crippen molar-refractivity contribution in [2.24, 2.45) is 11.8 Å². The van der Waals surface area contributed by atoms with Crippen molar-refractivity contribution in [1.29, 1.82) is 0 Å². The predicted octanol–water partition coefficient (Wildman–Crippen LogP) is 0.455. The fraction of sp³-hybridized carbons (Fsp3) is 0.786. The molecule has 118 valence electrons. The van der Waals surface area contributed by atoms with Gasteiger partial charge in [0.2, 0.25) is 5.91 Å². The average Bonchev–Trinajstić information content (AvgIpc) is 2.48. The zero-order valence-corrected chi connectivity index (χ0v) is 12.1. The SMILES string of the molecule is O=C(NCC1CCC(C(=O)O)CC1)NC1CCCNC1=O. The van der Waals surface area contributed by atoms with Gasteiger partial charge in [0.05, 0.1) is 5.92 Å². The van der Waals surface area contributed by atoms with Crippen LogP contribution in [0.15, 0.2) is 0 Å². The summed E-state index contributed by atoms with van der Waals surface area (Å²) in [4.78, 5) is 34.2. The number of aliphatic carboxylic acids is 1. The van der Waals surface area contributed by atoms with Crippen molar-refractivity contribution in [3.05, 3.63) is 0 Å². The lowest BCUT2D eigenvalue weighted by Gasteiger charge is -2.27. The lowest BCUT2D eigenvalue weighted by molar-refractivity contribution is -0.143. The fourth-order valence-corrected chi connectivity index (χ4v) is 2.97. The summed E-state index contributed by atoms with van der Waals surface area (Å²) in [5.74, 6) is -0.756. The maximum atomic E-state index is 11.8. The van der Waals surface area contributed by atoms with Gasteiger partial charge in [-0.15, -0.1) is 0 Å². The first kappa shape index (κ1) is 15.6. The van der Waals surface area contributed by atoms with Gasteiger partial charge in [-0.1, -0.05) is 0 Å². The molecule has 1 heterocycles. The van der Waals surface area contributed by atoms with Crippen LogP contribution in [0.1, 0.15) is 38.5 Å². The van der Waals surface area contributed by atoms with Crippen LogP contribution in [0.2, 0.25) is 0 Å². The zero-order chi connectivity index (χ0) is 15.2. The van der Waals surface area contributed by atoms with Crippen LogP contribution in [0.4, 0.5) is 4.79 Å². The molecule has 1 unspecified atom stereocenters. The molecule has 1 aliphatic carbocycles. The van der Waals surface area contributed by atoms with E-state index in [0.29, 0.717) is 38.3 Å². The van der Waals surface area contributed by atoms with Crippen LogP contribution < -0.4 is 16.0 Å². The third-order valence-corrected chi connectivity index (χ3v) is 4.34. The van der Waals surface area contributed by atoms with Gasteiger partial charge in [-0.25, -0.2) is 4.79 Å². The third-order valence-electron chi connectivity index (χ3n) is 4.34. The van der Waals surface area contributed by atoms with Gasteiger partial charge < -0.3 is 21.1 Å². The number of piperidine rings is 1. The minimum Gasteiger partial charge on any atom is -0.481 e. The van der Waals surface area contributed by atoms with Gasteiger partial charge in [0.1, 0.15) is 6.04 Å². The van der Waals surface area contributed by atoms with E-state index in [1.54, 1.807) is 0 Å². The topological polar surface area (TPSA) is 108 Å². The Hall–Kier alpha value is -1.79. The summed E-state index contributed by atoms with van der Waals surface area (Å²) in [6.45, 7) is 1.21. The molecule has 0 radical (unpaired) electrons. The van der Waals surface area contributed by atoms with Crippen LogP contribution in [0.5, 0.6) is 0 Å². The summed E-state index contributed by atoms with van der Waals surface area (Å²) >= 11 is 0. The molecule has 1 atom stereocenters. The molecule has 0 aromatic heterocycles. The van der Waals surface area contributed by atoms with Gasteiger partial charge in [-0.3, -0.25) is 9.59 Å². The molecule has 0 spiro atoms. The molecule has 0 bridgehead atoms. The Bertz CT molecular complexity index is 405. The maximum absolute atomic E-state index is 11.8. The average molecular weight is 297 g/mol. The molecule has 7 nitrogen and oxygen atoms in total. The number of carbonyl (C=O) groups is 3. The number of nitrogens with one attached hydrogen (secondary N) is 3. The molecule has 2 fully saturated rings. The summed E-state index contributed by atoms with van der Waals surface area (Å²) in [6.07, 6.45) is 4.53.